The summed E-state index contributed by atoms with van der Waals surface area (Å²) in [4.78, 5) is 14.3. The van der Waals surface area contributed by atoms with Gasteiger partial charge in [0.25, 0.3) is 5.91 Å². The Hall–Kier alpha value is -1.51. The van der Waals surface area contributed by atoms with Crippen LogP contribution in [0.2, 0.25) is 0 Å². The summed E-state index contributed by atoms with van der Waals surface area (Å²) < 4.78 is 0. The average molecular weight is 248 g/mol. The minimum Gasteiger partial charge on any atom is -0.399 e. The van der Waals surface area contributed by atoms with Gasteiger partial charge in [-0.2, -0.15) is 0 Å². The maximum Gasteiger partial charge on any atom is 0.254 e. The zero-order chi connectivity index (χ0) is 14.1. The molecule has 100 valence electrons. The van der Waals surface area contributed by atoms with Crippen molar-refractivity contribution in [1.29, 1.82) is 0 Å². The maximum atomic E-state index is 12.5. The summed E-state index contributed by atoms with van der Waals surface area (Å²) in [5, 5.41) is 0. The van der Waals surface area contributed by atoms with E-state index in [9.17, 15) is 4.79 Å². The highest BCUT2D eigenvalue weighted by Crippen LogP contribution is 2.25. The molecule has 0 saturated heterocycles. The molecule has 0 aliphatic carbocycles. The molecule has 0 heterocycles. The number of benzene rings is 1. The van der Waals surface area contributed by atoms with Gasteiger partial charge in [0.15, 0.2) is 0 Å². The molecular weight excluding hydrogens is 224 g/mol. The highest BCUT2D eigenvalue weighted by molar-refractivity contribution is 5.96. The summed E-state index contributed by atoms with van der Waals surface area (Å²) in [5.74, 6) is 0.0298. The zero-order valence-corrected chi connectivity index (χ0v) is 12.2. The molecule has 1 atom stereocenters. The standard InChI is InChI=1S/C15H24N2O/c1-10-7-8-12(16)9-13(10)14(18)17(6)11(2)15(3,4)5/h7-9,11H,16H2,1-6H3. The monoisotopic (exact) mass is 248 g/mol. The van der Waals surface area contributed by atoms with Gasteiger partial charge in [0.1, 0.15) is 0 Å². The van der Waals surface area contributed by atoms with Crippen molar-refractivity contribution < 1.29 is 4.79 Å². The zero-order valence-electron chi connectivity index (χ0n) is 12.2. The SMILES string of the molecule is Cc1ccc(N)cc1C(=O)N(C)C(C)C(C)(C)C. The van der Waals surface area contributed by atoms with Crippen molar-refractivity contribution in [3.8, 4) is 0 Å². The van der Waals surface area contributed by atoms with Crippen LogP contribution in [0.25, 0.3) is 0 Å². The summed E-state index contributed by atoms with van der Waals surface area (Å²) >= 11 is 0. The molecule has 3 nitrogen and oxygen atoms in total. The predicted octanol–water partition coefficient (Wildman–Crippen LogP) is 3.08. The third-order valence-electron chi connectivity index (χ3n) is 3.65. The molecule has 0 aromatic heterocycles. The van der Waals surface area contributed by atoms with Gasteiger partial charge in [-0.05, 0) is 37.0 Å². The number of amides is 1. The lowest BCUT2D eigenvalue weighted by Gasteiger charge is -2.35. The van der Waals surface area contributed by atoms with Crippen LogP contribution in [0.3, 0.4) is 0 Å². The number of rotatable bonds is 2. The van der Waals surface area contributed by atoms with E-state index in [1.165, 1.54) is 0 Å². The summed E-state index contributed by atoms with van der Waals surface area (Å²) in [6.45, 7) is 10.4. The minimum atomic E-state index is 0.0298. The Morgan fingerprint density at radius 2 is 1.89 bits per heavy atom. The van der Waals surface area contributed by atoms with Crippen LogP contribution in [0.15, 0.2) is 18.2 Å². The first-order valence-corrected chi connectivity index (χ1v) is 6.28. The summed E-state index contributed by atoms with van der Waals surface area (Å²) in [6, 6.07) is 5.62. The van der Waals surface area contributed by atoms with Gasteiger partial charge < -0.3 is 10.6 Å². The Bertz CT molecular complexity index is 446. The molecule has 1 aromatic rings. The molecule has 0 aliphatic heterocycles. The smallest absolute Gasteiger partial charge is 0.254 e. The molecule has 1 aromatic carbocycles. The van der Waals surface area contributed by atoms with Crippen LogP contribution >= 0.6 is 0 Å². The first kappa shape index (κ1) is 14.6. The number of anilines is 1. The molecule has 0 bridgehead atoms. The van der Waals surface area contributed by atoms with Crippen molar-refractivity contribution in [3.05, 3.63) is 29.3 Å². The summed E-state index contributed by atoms with van der Waals surface area (Å²) in [7, 11) is 1.85. The Morgan fingerprint density at radius 3 is 2.39 bits per heavy atom. The van der Waals surface area contributed by atoms with Gasteiger partial charge in [-0.3, -0.25) is 4.79 Å². The van der Waals surface area contributed by atoms with E-state index < -0.39 is 0 Å². The first-order chi connectivity index (χ1) is 8.14. The van der Waals surface area contributed by atoms with Crippen LogP contribution in [0.1, 0.15) is 43.6 Å². The number of hydrogen-bond donors (Lipinski definition) is 1. The van der Waals surface area contributed by atoms with E-state index in [0.29, 0.717) is 11.3 Å². The number of carbonyl (C=O) groups excluding carboxylic acids is 1. The van der Waals surface area contributed by atoms with Gasteiger partial charge in [0.2, 0.25) is 0 Å². The van der Waals surface area contributed by atoms with Crippen LogP contribution in [-0.4, -0.2) is 23.9 Å². The van der Waals surface area contributed by atoms with Gasteiger partial charge in [-0.15, -0.1) is 0 Å². The molecular formula is C15H24N2O. The molecule has 0 saturated carbocycles. The molecule has 0 radical (unpaired) electrons. The molecule has 0 spiro atoms. The normalized spacial score (nSPS) is 13.2. The van der Waals surface area contributed by atoms with Gasteiger partial charge in [-0.25, -0.2) is 0 Å². The van der Waals surface area contributed by atoms with Gasteiger partial charge >= 0.3 is 0 Å². The molecule has 1 unspecified atom stereocenters. The van der Waals surface area contributed by atoms with Crippen LogP contribution in [-0.2, 0) is 0 Å². The lowest BCUT2D eigenvalue weighted by molar-refractivity contribution is 0.0628. The van der Waals surface area contributed by atoms with E-state index >= 15 is 0 Å². The first-order valence-electron chi connectivity index (χ1n) is 6.28. The number of nitrogen functional groups attached to an aromatic ring is 1. The largest absolute Gasteiger partial charge is 0.399 e. The van der Waals surface area contributed by atoms with E-state index in [0.717, 1.165) is 5.56 Å². The highest BCUT2D eigenvalue weighted by atomic mass is 16.2. The molecule has 1 amide bonds. The fourth-order valence-electron chi connectivity index (χ4n) is 1.82. The number of hydrogen-bond acceptors (Lipinski definition) is 2. The molecule has 18 heavy (non-hydrogen) atoms. The van der Waals surface area contributed by atoms with Crippen LogP contribution < -0.4 is 5.73 Å². The molecule has 1 rings (SSSR count). The second-order valence-corrected chi connectivity index (χ2v) is 6.03. The van der Waals surface area contributed by atoms with E-state index in [-0.39, 0.29) is 17.4 Å². The van der Waals surface area contributed by atoms with Crippen molar-refractivity contribution >= 4 is 11.6 Å². The second kappa shape index (κ2) is 5.01. The highest BCUT2D eigenvalue weighted by Gasteiger charge is 2.28. The predicted molar refractivity (Wildman–Crippen MR) is 76.6 cm³/mol. The van der Waals surface area contributed by atoms with E-state index in [2.05, 4.69) is 27.7 Å². The van der Waals surface area contributed by atoms with Crippen molar-refractivity contribution in [2.24, 2.45) is 5.41 Å². The van der Waals surface area contributed by atoms with Crippen LogP contribution in [0.4, 0.5) is 5.69 Å². The van der Waals surface area contributed by atoms with Crippen LogP contribution in [0.5, 0.6) is 0 Å². The third-order valence-corrected chi connectivity index (χ3v) is 3.65. The Labute approximate surface area is 110 Å². The fourth-order valence-corrected chi connectivity index (χ4v) is 1.82. The van der Waals surface area contributed by atoms with E-state index in [1.54, 1.807) is 11.0 Å². The number of nitrogens with zero attached hydrogens (tertiary/aromatic N) is 1. The topological polar surface area (TPSA) is 46.3 Å². The number of carbonyl (C=O) groups is 1. The second-order valence-electron chi connectivity index (χ2n) is 6.03. The van der Waals surface area contributed by atoms with Crippen molar-refractivity contribution in [2.75, 3.05) is 12.8 Å². The minimum absolute atomic E-state index is 0.0298. The van der Waals surface area contributed by atoms with Gasteiger partial charge in [0.05, 0.1) is 0 Å². The Kier molecular flexibility index (Phi) is 4.05. The molecule has 0 fully saturated rings. The van der Waals surface area contributed by atoms with Gasteiger partial charge in [0, 0.05) is 24.3 Å². The summed E-state index contributed by atoms with van der Waals surface area (Å²) in [5.41, 5.74) is 8.09. The van der Waals surface area contributed by atoms with Crippen molar-refractivity contribution in [1.82, 2.24) is 4.90 Å². The Balaban J connectivity index is 3.04. The maximum absolute atomic E-state index is 12.5. The molecule has 2 N–H and O–H groups in total. The molecule has 3 heteroatoms. The Morgan fingerprint density at radius 1 is 1.33 bits per heavy atom. The number of aryl methyl sites for hydroxylation is 1. The van der Waals surface area contributed by atoms with E-state index in [4.69, 9.17) is 5.73 Å². The number of nitrogens with two attached hydrogens (primary N) is 1. The fraction of sp³-hybridized carbons (Fsp3) is 0.533. The van der Waals surface area contributed by atoms with Crippen LogP contribution in [0, 0.1) is 12.3 Å². The van der Waals surface area contributed by atoms with Crippen molar-refractivity contribution in [2.45, 2.75) is 40.7 Å². The summed E-state index contributed by atoms with van der Waals surface area (Å²) in [6.07, 6.45) is 0. The van der Waals surface area contributed by atoms with Gasteiger partial charge in [-0.1, -0.05) is 26.8 Å². The van der Waals surface area contributed by atoms with E-state index in [1.807, 2.05) is 26.1 Å². The quantitative estimate of drug-likeness (QED) is 0.817. The van der Waals surface area contributed by atoms with Crippen molar-refractivity contribution in [3.63, 3.8) is 0 Å². The lowest BCUT2D eigenvalue weighted by Crippen LogP contribution is -2.43. The average Bonchev–Trinajstić information content (AvgIpc) is 2.28. The molecule has 0 aliphatic rings. The lowest BCUT2D eigenvalue weighted by atomic mass is 9.87. The third kappa shape index (κ3) is 3.03.